The number of alkyl halides is 2. The van der Waals surface area contributed by atoms with Gasteiger partial charge in [-0.05, 0) is 44.0 Å². The molecule has 1 aromatic carbocycles. The number of halogens is 3. The van der Waals surface area contributed by atoms with Crippen LogP contribution in [-0.2, 0) is 4.79 Å². The molecule has 1 aromatic heterocycles. The van der Waals surface area contributed by atoms with Crippen LogP contribution in [0, 0.1) is 0 Å². The van der Waals surface area contributed by atoms with Crippen LogP contribution in [0.1, 0.15) is 42.6 Å². The Morgan fingerprint density at radius 2 is 2.06 bits per heavy atom. The fourth-order valence-corrected chi connectivity index (χ4v) is 3.99. The van der Waals surface area contributed by atoms with E-state index in [2.05, 4.69) is 20.1 Å². The van der Waals surface area contributed by atoms with Crippen molar-refractivity contribution in [3.05, 3.63) is 35.0 Å². The number of piperidine rings is 1. The molecule has 1 saturated heterocycles. The van der Waals surface area contributed by atoms with Gasteiger partial charge in [-0.25, -0.2) is 0 Å². The van der Waals surface area contributed by atoms with Gasteiger partial charge < -0.3 is 20.7 Å². The number of aromatic nitrogens is 2. The average molecular weight is 470 g/mol. The molecule has 1 aliphatic heterocycles. The minimum Gasteiger partial charge on any atom is -0.434 e. The minimum atomic E-state index is -3.04. The molecule has 0 aliphatic carbocycles. The van der Waals surface area contributed by atoms with Crippen LogP contribution in [-0.4, -0.2) is 59.3 Å². The molecule has 0 spiro atoms. The maximum Gasteiger partial charge on any atom is 0.387 e. The van der Waals surface area contributed by atoms with Crippen LogP contribution in [0.2, 0.25) is 5.02 Å². The first-order valence-corrected chi connectivity index (χ1v) is 10.7. The highest BCUT2D eigenvalue weighted by molar-refractivity contribution is 6.31. The summed E-state index contributed by atoms with van der Waals surface area (Å²) in [5.41, 5.74) is 6.00. The molecule has 8 nitrogen and oxygen atoms in total. The number of nitrogens with two attached hydrogens (primary N) is 1. The molecule has 0 saturated carbocycles. The number of likely N-dealkylation sites (tertiary alicyclic amines) is 1. The Balaban J connectivity index is 1.75. The lowest BCUT2D eigenvalue weighted by Crippen LogP contribution is -2.36. The molecule has 0 unspecified atom stereocenters. The molecule has 3 rings (SSSR count). The number of rotatable bonds is 9. The highest BCUT2D eigenvalue weighted by atomic mass is 35.5. The maximum absolute atomic E-state index is 12.9. The third-order valence-corrected chi connectivity index (χ3v) is 5.60. The fraction of sp³-hybridized carbons (Fsp3) is 0.476. The molecule has 0 bridgehead atoms. The molecule has 0 atom stereocenters. The van der Waals surface area contributed by atoms with Crippen molar-refractivity contribution in [3.63, 3.8) is 0 Å². The predicted octanol–water partition coefficient (Wildman–Crippen LogP) is 3.07. The Labute approximate surface area is 189 Å². The Morgan fingerprint density at radius 3 is 2.69 bits per heavy atom. The van der Waals surface area contributed by atoms with Gasteiger partial charge in [-0.3, -0.25) is 14.3 Å². The number of benzene rings is 1. The number of hydrogen-bond donors (Lipinski definition) is 2. The van der Waals surface area contributed by atoms with Gasteiger partial charge in [0, 0.05) is 43.3 Å². The van der Waals surface area contributed by atoms with E-state index in [-0.39, 0.29) is 34.5 Å². The molecular formula is C21H26ClF2N5O3. The van der Waals surface area contributed by atoms with Crippen molar-refractivity contribution in [2.75, 3.05) is 26.2 Å². The summed E-state index contributed by atoms with van der Waals surface area (Å²) in [6.07, 6.45) is 4.02. The molecule has 32 heavy (non-hydrogen) atoms. The topological polar surface area (TPSA) is 102 Å². The second-order valence-electron chi connectivity index (χ2n) is 7.66. The summed E-state index contributed by atoms with van der Waals surface area (Å²) in [4.78, 5) is 25.3. The van der Waals surface area contributed by atoms with Gasteiger partial charge in [0.05, 0.1) is 11.6 Å². The van der Waals surface area contributed by atoms with E-state index in [1.54, 1.807) is 10.9 Å². The highest BCUT2D eigenvalue weighted by Crippen LogP contribution is 2.36. The third-order valence-electron chi connectivity index (χ3n) is 5.37. The Morgan fingerprint density at radius 1 is 1.34 bits per heavy atom. The largest absolute Gasteiger partial charge is 0.434 e. The summed E-state index contributed by atoms with van der Waals surface area (Å²) in [6, 6.07) is 4.20. The second-order valence-corrected chi connectivity index (χ2v) is 8.10. The van der Waals surface area contributed by atoms with Gasteiger partial charge in [-0.15, -0.1) is 0 Å². The zero-order chi connectivity index (χ0) is 23.3. The van der Waals surface area contributed by atoms with E-state index in [1.165, 1.54) is 25.1 Å². The van der Waals surface area contributed by atoms with Crippen LogP contribution < -0.4 is 15.8 Å². The molecule has 3 N–H and O–H groups in total. The van der Waals surface area contributed by atoms with Gasteiger partial charge in [0.1, 0.15) is 11.4 Å². The molecule has 2 heterocycles. The first kappa shape index (κ1) is 23.9. The third kappa shape index (κ3) is 6.17. The smallest absolute Gasteiger partial charge is 0.387 e. The van der Waals surface area contributed by atoms with Crippen molar-refractivity contribution >= 4 is 23.4 Å². The van der Waals surface area contributed by atoms with E-state index < -0.39 is 12.5 Å². The monoisotopic (exact) mass is 469 g/mol. The quantitative estimate of drug-likeness (QED) is 0.549. The SMILES string of the molecule is CC(=O)NCCCN1CCC(n2cc(C(N)=O)c(-c3cc(Cl)ccc3OC(F)F)n2)CC1. The van der Waals surface area contributed by atoms with E-state index in [0.717, 1.165) is 38.9 Å². The summed E-state index contributed by atoms with van der Waals surface area (Å²) in [6.45, 7) is 1.65. The van der Waals surface area contributed by atoms with Gasteiger partial charge in [-0.2, -0.15) is 13.9 Å². The van der Waals surface area contributed by atoms with Gasteiger partial charge in [0.2, 0.25) is 5.91 Å². The average Bonchev–Trinajstić information content (AvgIpc) is 3.18. The van der Waals surface area contributed by atoms with Crippen LogP contribution in [0.3, 0.4) is 0 Å². The molecule has 11 heteroatoms. The number of carbonyl (C=O) groups excluding carboxylic acids is 2. The lowest BCUT2D eigenvalue weighted by molar-refractivity contribution is -0.118. The molecule has 1 fully saturated rings. The number of primary amides is 1. The molecule has 1 aliphatic rings. The second kappa shape index (κ2) is 10.7. The summed E-state index contributed by atoms with van der Waals surface area (Å²) < 4.78 is 32.0. The first-order chi connectivity index (χ1) is 15.2. The summed E-state index contributed by atoms with van der Waals surface area (Å²) >= 11 is 6.05. The van der Waals surface area contributed by atoms with Crippen molar-refractivity contribution in [2.45, 2.75) is 38.8 Å². The van der Waals surface area contributed by atoms with Crippen LogP contribution in [0.5, 0.6) is 5.75 Å². The number of ether oxygens (including phenoxy) is 1. The fourth-order valence-electron chi connectivity index (χ4n) is 3.82. The standard InChI is InChI=1S/C21H26ClF2N5O3/c1-13(30)26-7-2-8-28-9-5-15(6-10-28)29-12-17(20(25)31)19(27-29)16-11-14(22)3-4-18(16)32-21(23)24/h3-4,11-12,15,21H,2,5-10H2,1H3,(H2,25,31)(H,26,30). The van der Waals surface area contributed by atoms with E-state index in [4.69, 9.17) is 17.3 Å². The van der Waals surface area contributed by atoms with Crippen LogP contribution in [0.15, 0.2) is 24.4 Å². The van der Waals surface area contributed by atoms with Crippen LogP contribution >= 0.6 is 11.6 Å². The zero-order valence-electron chi connectivity index (χ0n) is 17.7. The van der Waals surface area contributed by atoms with E-state index >= 15 is 0 Å². The van der Waals surface area contributed by atoms with Crippen molar-refractivity contribution in [3.8, 4) is 17.0 Å². The number of amides is 2. The molecular weight excluding hydrogens is 444 g/mol. The van der Waals surface area contributed by atoms with Crippen molar-refractivity contribution in [1.29, 1.82) is 0 Å². The molecule has 0 radical (unpaired) electrons. The van der Waals surface area contributed by atoms with Crippen LogP contribution in [0.4, 0.5) is 8.78 Å². The van der Waals surface area contributed by atoms with Gasteiger partial charge in [0.15, 0.2) is 0 Å². The summed E-state index contributed by atoms with van der Waals surface area (Å²) in [7, 11) is 0. The van der Waals surface area contributed by atoms with Gasteiger partial charge in [0.25, 0.3) is 5.91 Å². The highest BCUT2D eigenvalue weighted by Gasteiger charge is 2.26. The first-order valence-electron chi connectivity index (χ1n) is 10.3. The van der Waals surface area contributed by atoms with Crippen molar-refractivity contribution in [2.24, 2.45) is 5.73 Å². The Bertz CT molecular complexity index is 961. The number of carbonyl (C=O) groups is 2. The van der Waals surface area contributed by atoms with Gasteiger partial charge in [-0.1, -0.05) is 11.6 Å². The number of nitrogens with one attached hydrogen (secondary N) is 1. The lowest BCUT2D eigenvalue weighted by Gasteiger charge is -2.32. The molecule has 2 amide bonds. The van der Waals surface area contributed by atoms with Crippen molar-refractivity contribution < 1.29 is 23.1 Å². The summed E-state index contributed by atoms with van der Waals surface area (Å²) in [5, 5.41) is 7.60. The minimum absolute atomic E-state index is 0.0343. The van der Waals surface area contributed by atoms with E-state index in [0.29, 0.717) is 11.6 Å². The molecule has 2 aromatic rings. The normalized spacial score (nSPS) is 15.2. The maximum atomic E-state index is 12.9. The number of hydrogen-bond acceptors (Lipinski definition) is 5. The van der Waals surface area contributed by atoms with Crippen LogP contribution in [0.25, 0.3) is 11.3 Å². The molecule has 174 valence electrons. The van der Waals surface area contributed by atoms with Gasteiger partial charge >= 0.3 is 6.61 Å². The van der Waals surface area contributed by atoms with Crippen molar-refractivity contribution in [1.82, 2.24) is 20.0 Å². The number of nitrogens with zero attached hydrogens (tertiary/aromatic N) is 3. The lowest BCUT2D eigenvalue weighted by atomic mass is 10.0. The predicted molar refractivity (Wildman–Crippen MR) is 116 cm³/mol. The Hall–Kier alpha value is -2.72. The van der Waals surface area contributed by atoms with E-state index in [1.807, 2.05) is 0 Å². The van der Waals surface area contributed by atoms with E-state index in [9.17, 15) is 18.4 Å². The zero-order valence-corrected chi connectivity index (χ0v) is 18.4. The summed E-state index contributed by atoms with van der Waals surface area (Å²) in [5.74, 6) is -0.888. The Kier molecular flexibility index (Phi) is 8.03.